The molecule has 1 heterocycles. The molecule has 1 atom stereocenters. The summed E-state index contributed by atoms with van der Waals surface area (Å²) < 4.78 is 26.9. The Hall–Kier alpha value is -0.620. The minimum absolute atomic E-state index is 0.129. The quantitative estimate of drug-likeness (QED) is 0.474. The van der Waals surface area contributed by atoms with Gasteiger partial charge in [-0.2, -0.15) is 4.31 Å². The Balaban J connectivity index is 2.66. The first-order chi connectivity index (χ1) is 4.99. The number of hydrogen-bond donors (Lipinski definition) is 0. The SMILES string of the molecule is COC(=O)C1CS(=O)(=O)N1C. The van der Waals surface area contributed by atoms with Gasteiger partial charge < -0.3 is 4.74 Å². The third-order valence-corrected chi connectivity index (χ3v) is 3.59. The second-order valence-corrected chi connectivity index (χ2v) is 4.41. The highest BCUT2D eigenvalue weighted by Crippen LogP contribution is 2.19. The molecule has 6 heteroatoms. The third-order valence-electron chi connectivity index (χ3n) is 1.72. The van der Waals surface area contributed by atoms with Gasteiger partial charge in [0.05, 0.1) is 12.9 Å². The van der Waals surface area contributed by atoms with Crippen molar-refractivity contribution in [2.24, 2.45) is 0 Å². The molecule has 1 rings (SSSR count). The minimum Gasteiger partial charge on any atom is -0.468 e. The molecule has 0 aromatic rings. The molecule has 0 amide bonds. The maximum atomic E-state index is 10.8. The molecule has 0 radical (unpaired) electrons. The van der Waals surface area contributed by atoms with Crippen molar-refractivity contribution in [3.05, 3.63) is 0 Å². The largest absolute Gasteiger partial charge is 0.468 e. The summed E-state index contributed by atoms with van der Waals surface area (Å²) >= 11 is 0. The van der Waals surface area contributed by atoms with Crippen LogP contribution in [0, 0.1) is 0 Å². The van der Waals surface area contributed by atoms with E-state index in [-0.39, 0.29) is 5.75 Å². The van der Waals surface area contributed by atoms with Gasteiger partial charge in [-0.05, 0) is 0 Å². The Kier molecular flexibility index (Phi) is 1.89. The molecule has 0 bridgehead atoms. The number of methoxy groups -OCH3 is 1. The van der Waals surface area contributed by atoms with Crippen molar-refractivity contribution in [2.45, 2.75) is 6.04 Å². The van der Waals surface area contributed by atoms with Crippen LogP contribution in [0.5, 0.6) is 0 Å². The first-order valence-electron chi connectivity index (χ1n) is 3.02. The van der Waals surface area contributed by atoms with Gasteiger partial charge in [0.2, 0.25) is 10.0 Å². The molecule has 0 aromatic heterocycles. The van der Waals surface area contributed by atoms with E-state index in [9.17, 15) is 13.2 Å². The van der Waals surface area contributed by atoms with Gasteiger partial charge >= 0.3 is 5.97 Å². The average molecular weight is 179 g/mol. The number of esters is 1. The van der Waals surface area contributed by atoms with E-state index < -0.39 is 22.0 Å². The van der Waals surface area contributed by atoms with E-state index in [0.717, 1.165) is 4.31 Å². The first-order valence-corrected chi connectivity index (χ1v) is 4.63. The number of sulfonamides is 1. The fraction of sp³-hybridized carbons (Fsp3) is 0.800. The Morgan fingerprint density at radius 2 is 2.18 bits per heavy atom. The highest BCUT2D eigenvalue weighted by Gasteiger charge is 2.45. The molecule has 1 aliphatic heterocycles. The monoisotopic (exact) mass is 179 g/mol. The molecule has 1 fully saturated rings. The Morgan fingerprint density at radius 3 is 2.45 bits per heavy atom. The van der Waals surface area contributed by atoms with Crippen LogP contribution < -0.4 is 0 Å². The highest BCUT2D eigenvalue weighted by molar-refractivity contribution is 7.90. The third kappa shape index (κ3) is 1.23. The van der Waals surface area contributed by atoms with Crippen LogP contribution in [0.2, 0.25) is 0 Å². The van der Waals surface area contributed by atoms with Gasteiger partial charge in [-0.1, -0.05) is 0 Å². The van der Waals surface area contributed by atoms with E-state index in [1.54, 1.807) is 0 Å². The van der Waals surface area contributed by atoms with E-state index in [2.05, 4.69) is 4.74 Å². The van der Waals surface area contributed by atoms with Gasteiger partial charge in [-0.3, -0.25) is 4.79 Å². The summed E-state index contributed by atoms with van der Waals surface area (Å²) in [5, 5.41) is 0. The number of hydrogen-bond acceptors (Lipinski definition) is 4. The molecule has 0 aromatic carbocycles. The topological polar surface area (TPSA) is 63.7 Å². The summed E-state index contributed by atoms with van der Waals surface area (Å²) in [5.74, 6) is -0.627. The lowest BCUT2D eigenvalue weighted by molar-refractivity contribution is -0.145. The number of carbonyl (C=O) groups excluding carboxylic acids is 1. The number of likely N-dealkylation sites (N-methyl/N-ethyl adjacent to an activating group) is 1. The van der Waals surface area contributed by atoms with Crippen molar-refractivity contribution in [3.63, 3.8) is 0 Å². The van der Waals surface area contributed by atoms with Crippen molar-refractivity contribution >= 4 is 16.0 Å². The van der Waals surface area contributed by atoms with Crippen LogP contribution in [0.4, 0.5) is 0 Å². The van der Waals surface area contributed by atoms with Crippen LogP contribution in [0.15, 0.2) is 0 Å². The van der Waals surface area contributed by atoms with E-state index in [0.29, 0.717) is 0 Å². The summed E-state index contributed by atoms with van der Waals surface area (Å²) in [6, 6.07) is -0.606. The van der Waals surface area contributed by atoms with Gasteiger partial charge in [0, 0.05) is 7.05 Å². The Labute approximate surface area is 65.0 Å². The lowest BCUT2D eigenvalue weighted by atomic mass is 10.3. The fourth-order valence-corrected chi connectivity index (χ4v) is 2.17. The van der Waals surface area contributed by atoms with E-state index in [4.69, 9.17) is 0 Å². The molecule has 11 heavy (non-hydrogen) atoms. The summed E-state index contributed by atoms with van der Waals surface area (Å²) in [5.41, 5.74) is 0. The normalized spacial score (nSPS) is 29.1. The fourth-order valence-electron chi connectivity index (χ4n) is 0.883. The molecule has 0 N–H and O–H groups in total. The van der Waals surface area contributed by atoms with Crippen LogP contribution in [0.1, 0.15) is 0 Å². The summed E-state index contributed by atoms with van der Waals surface area (Å²) in [6.07, 6.45) is 0. The molecular formula is C5H9NO4S. The molecule has 1 aliphatic rings. The van der Waals surface area contributed by atoms with Crippen molar-refractivity contribution in [2.75, 3.05) is 19.9 Å². The second kappa shape index (κ2) is 2.46. The first kappa shape index (κ1) is 8.48. The smallest absolute Gasteiger partial charge is 0.325 e. The predicted octanol–water partition coefficient (Wildman–Crippen LogP) is -1.20. The average Bonchev–Trinajstić information content (AvgIpc) is 1.98. The van der Waals surface area contributed by atoms with Crippen molar-refractivity contribution in [3.8, 4) is 0 Å². The van der Waals surface area contributed by atoms with E-state index in [1.807, 2.05) is 0 Å². The minimum atomic E-state index is -3.13. The van der Waals surface area contributed by atoms with Gasteiger partial charge in [0.1, 0.15) is 6.04 Å². The van der Waals surface area contributed by atoms with Crippen LogP contribution >= 0.6 is 0 Å². The van der Waals surface area contributed by atoms with Crippen LogP contribution in [-0.2, 0) is 19.6 Å². The highest BCUT2D eigenvalue weighted by atomic mass is 32.2. The molecule has 0 aliphatic carbocycles. The predicted molar refractivity (Wildman–Crippen MR) is 37.4 cm³/mol. The summed E-state index contributed by atoms with van der Waals surface area (Å²) in [4.78, 5) is 10.8. The van der Waals surface area contributed by atoms with Crippen molar-refractivity contribution < 1.29 is 17.9 Å². The molecule has 5 nitrogen and oxygen atoms in total. The van der Waals surface area contributed by atoms with Gasteiger partial charge in [-0.25, -0.2) is 8.42 Å². The summed E-state index contributed by atoms with van der Waals surface area (Å²) in [7, 11) is -0.533. The lowest BCUT2D eigenvalue weighted by Gasteiger charge is -2.34. The zero-order valence-electron chi connectivity index (χ0n) is 6.27. The van der Waals surface area contributed by atoms with E-state index in [1.165, 1.54) is 14.2 Å². The molecule has 0 saturated carbocycles. The standard InChI is InChI=1S/C5H9NO4S/c1-6-4(5(7)10-2)3-11(6,8)9/h4H,3H2,1-2H3. The summed E-state index contributed by atoms with van der Waals surface area (Å²) in [6.45, 7) is 0. The number of ether oxygens (including phenoxy) is 1. The number of carbonyl (C=O) groups is 1. The van der Waals surface area contributed by atoms with Crippen LogP contribution in [0.25, 0.3) is 0 Å². The van der Waals surface area contributed by atoms with Gasteiger partial charge in [0.15, 0.2) is 0 Å². The molecule has 0 spiro atoms. The molecule has 1 unspecified atom stereocenters. The van der Waals surface area contributed by atoms with Crippen LogP contribution in [0.3, 0.4) is 0 Å². The lowest BCUT2D eigenvalue weighted by Crippen LogP contribution is -2.58. The van der Waals surface area contributed by atoms with E-state index >= 15 is 0 Å². The maximum Gasteiger partial charge on any atom is 0.325 e. The number of nitrogens with zero attached hydrogens (tertiary/aromatic N) is 1. The molecule has 64 valence electrons. The zero-order chi connectivity index (χ0) is 8.65. The Bertz CT molecular complexity index is 270. The zero-order valence-corrected chi connectivity index (χ0v) is 7.09. The maximum absolute atomic E-state index is 10.8. The number of rotatable bonds is 1. The van der Waals surface area contributed by atoms with Crippen molar-refractivity contribution in [1.29, 1.82) is 0 Å². The van der Waals surface area contributed by atoms with Crippen LogP contribution in [-0.4, -0.2) is 44.6 Å². The van der Waals surface area contributed by atoms with Gasteiger partial charge in [0.25, 0.3) is 0 Å². The Morgan fingerprint density at radius 1 is 1.64 bits per heavy atom. The molecule has 1 saturated heterocycles. The van der Waals surface area contributed by atoms with Gasteiger partial charge in [-0.15, -0.1) is 0 Å². The molecular weight excluding hydrogens is 170 g/mol. The van der Waals surface area contributed by atoms with Crippen molar-refractivity contribution in [1.82, 2.24) is 4.31 Å². The second-order valence-electron chi connectivity index (χ2n) is 2.33.